The van der Waals surface area contributed by atoms with Gasteiger partial charge in [-0.2, -0.15) is 0 Å². The SMILES string of the molecule is CCCC(C)COC(C)(CBr)c1ccccc1F. The first-order valence-corrected chi connectivity index (χ1v) is 7.60. The molecule has 102 valence electrons. The second-order valence-corrected chi connectivity index (χ2v) is 5.61. The van der Waals surface area contributed by atoms with Crippen LogP contribution in [0.15, 0.2) is 24.3 Å². The normalized spacial score (nSPS) is 16.3. The van der Waals surface area contributed by atoms with E-state index in [-0.39, 0.29) is 5.82 Å². The topological polar surface area (TPSA) is 9.23 Å². The maximum atomic E-state index is 13.8. The second kappa shape index (κ2) is 7.25. The van der Waals surface area contributed by atoms with Crippen molar-refractivity contribution in [3.63, 3.8) is 0 Å². The van der Waals surface area contributed by atoms with Gasteiger partial charge in [0.25, 0.3) is 0 Å². The minimum absolute atomic E-state index is 0.206. The maximum Gasteiger partial charge on any atom is 0.129 e. The van der Waals surface area contributed by atoms with Crippen LogP contribution in [0.5, 0.6) is 0 Å². The lowest BCUT2D eigenvalue weighted by atomic mass is 9.97. The monoisotopic (exact) mass is 316 g/mol. The molecule has 0 saturated carbocycles. The molecule has 0 fully saturated rings. The number of hydrogen-bond acceptors (Lipinski definition) is 1. The molecule has 0 saturated heterocycles. The van der Waals surface area contributed by atoms with Crippen LogP contribution in [0.1, 0.15) is 39.2 Å². The fourth-order valence-corrected chi connectivity index (χ4v) is 2.44. The van der Waals surface area contributed by atoms with Crippen LogP contribution in [-0.2, 0) is 10.3 Å². The van der Waals surface area contributed by atoms with E-state index in [9.17, 15) is 4.39 Å². The predicted octanol–water partition coefficient (Wildman–Crippen LogP) is 4.89. The zero-order valence-corrected chi connectivity index (χ0v) is 13.0. The van der Waals surface area contributed by atoms with Crippen LogP contribution in [0.3, 0.4) is 0 Å². The quantitative estimate of drug-likeness (QED) is 0.651. The van der Waals surface area contributed by atoms with E-state index in [1.54, 1.807) is 12.1 Å². The first kappa shape index (κ1) is 15.6. The van der Waals surface area contributed by atoms with Gasteiger partial charge in [0.1, 0.15) is 11.4 Å². The molecule has 0 spiro atoms. The average molecular weight is 317 g/mol. The van der Waals surface area contributed by atoms with Crippen LogP contribution in [0.2, 0.25) is 0 Å². The van der Waals surface area contributed by atoms with E-state index in [0.29, 0.717) is 23.4 Å². The van der Waals surface area contributed by atoms with E-state index in [4.69, 9.17) is 4.74 Å². The molecule has 3 heteroatoms. The molecular formula is C15H22BrFO. The molecule has 0 amide bonds. The predicted molar refractivity (Wildman–Crippen MR) is 77.6 cm³/mol. The average Bonchev–Trinajstić information content (AvgIpc) is 2.37. The molecule has 0 N–H and O–H groups in total. The van der Waals surface area contributed by atoms with E-state index in [1.807, 2.05) is 13.0 Å². The van der Waals surface area contributed by atoms with Gasteiger partial charge >= 0.3 is 0 Å². The molecule has 0 heterocycles. The van der Waals surface area contributed by atoms with Crippen molar-refractivity contribution in [2.75, 3.05) is 11.9 Å². The zero-order chi connectivity index (χ0) is 13.6. The molecule has 0 aromatic heterocycles. The van der Waals surface area contributed by atoms with Crippen LogP contribution in [0.25, 0.3) is 0 Å². The van der Waals surface area contributed by atoms with Gasteiger partial charge in [0.05, 0.1) is 6.61 Å². The maximum absolute atomic E-state index is 13.8. The highest BCUT2D eigenvalue weighted by Crippen LogP contribution is 2.30. The summed E-state index contributed by atoms with van der Waals surface area (Å²) in [6.45, 7) is 6.92. The van der Waals surface area contributed by atoms with Crippen molar-refractivity contribution < 1.29 is 9.13 Å². The van der Waals surface area contributed by atoms with E-state index >= 15 is 0 Å². The van der Waals surface area contributed by atoms with Crippen LogP contribution >= 0.6 is 15.9 Å². The van der Waals surface area contributed by atoms with Crippen molar-refractivity contribution in [3.8, 4) is 0 Å². The molecule has 2 unspecified atom stereocenters. The summed E-state index contributed by atoms with van der Waals surface area (Å²) in [5, 5.41) is 0.583. The Morgan fingerprint density at radius 1 is 1.39 bits per heavy atom. The van der Waals surface area contributed by atoms with Gasteiger partial charge in [-0.1, -0.05) is 54.4 Å². The Labute approximate surface area is 118 Å². The summed E-state index contributed by atoms with van der Waals surface area (Å²) < 4.78 is 19.8. The summed E-state index contributed by atoms with van der Waals surface area (Å²) in [6.07, 6.45) is 2.28. The number of alkyl halides is 1. The van der Waals surface area contributed by atoms with Crippen molar-refractivity contribution >= 4 is 15.9 Å². The van der Waals surface area contributed by atoms with Crippen molar-refractivity contribution in [2.24, 2.45) is 5.92 Å². The van der Waals surface area contributed by atoms with Gasteiger partial charge in [-0.15, -0.1) is 0 Å². The third-order valence-electron chi connectivity index (χ3n) is 3.17. The lowest BCUT2D eigenvalue weighted by Gasteiger charge is -2.30. The summed E-state index contributed by atoms with van der Waals surface area (Å²) in [5.74, 6) is 0.294. The summed E-state index contributed by atoms with van der Waals surface area (Å²) in [6, 6.07) is 6.82. The van der Waals surface area contributed by atoms with E-state index in [0.717, 1.165) is 12.8 Å². The van der Waals surface area contributed by atoms with E-state index < -0.39 is 5.60 Å². The third-order valence-corrected chi connectivity index (χ3v) is 4.24. The Morgan fingerprint density at radius 2 is 2.06 bits per heavy atom. The summed E-state index contributed by atoms with van der Waals surface area (Å²) in [4.78, 5) is 0. The van der Waals surface area contributed by atoms with E-state index in [2.05, 4.69) is 29.8 Å². The Balaban J connectivity index is 2.77. The fourth-order valence-electron chi connectivity index (χ4n) is 1.98. The Morgan fingerprint density at radius 3 is 2.61 bits per heavy atom. The van der Waals surface area contributed by atoms with Crippen LogP contribution < -0.4 is 0 Å². The number of ether oxygens (including phenoxy) is 1. The largest absolute Gasteiger partial charge is 0.369 e. The number of rotatable bonds is 7. The van der Waals surface area contributed by atoms with Crippen molar-refractivity contribution in [3.05, 3.63) is 35.6 Å². The molecule has 0 radical (unpaired) electrons. The highest BCUT2D eigenvalue weighted by molar-refractivity contribution is 9.09. The number of benzene rings is 1. The van der Waals surface area contributed by atoms with Crippen LogP contribution in [-0.4, -0.2) is 11.9 Å². The molecule has 0 bridgehead atoms. The highest BCUT2D eigenvalue weighted by atomic mass is 79.9. The fraction of sp³-hybridized carbons (Fsp3) is 0.600. The Hall–Kier alpha value is -0.410. The van der Waals surface area contributed by atoms with Gasteiger partial charge in [-0.3, -0.25) is 0 Å². The van der Waals surface area contributed by atoms with Gasteiger partial charge in [0.15, 0.2) is 0 Å². The summed E-state index contributed by atoms with van der Waals surface area (Å²) in [7, 11) is 0. The molecular weight excluding hydrogens is 295 g/mol. The molecule has 0 aliphatic heterocycles. The van der Waals surface area contributed by atoms with Crippen molar-refractivity contribution in [1.82, 2.24) is 0 Å². The molecule has 1 rings (SSSR count). The van der Waals surface area contributed by atoms with Crippen molar-refractivity contribution in [1.29, 1.82) is 0 Å². The zero-order valence-electron chi connectivity index (χ0n) is 11.4. The second-order valence-electron chi connectivity index (χ2n) is 5.05. The van der Waals surface area contributed by atoms with E-state index in [1.165, 1.54) is 6.07 Å². The molecule has 0 aliphatic rings. The first-order chi connectivity index (χ1) is 8.53. The van der Waals surface area contributed by atoms with Gasteiger partial charge in [-0.25, -0.2) is 4.39 Å². The Kier molecular flexibility index (Phi) is 6.30. The highest BCUT2D eigenvalue weighted by Gasteiger charge is 2.29. The van der Waals surface area contributed by atoms with Crippen LogP contribution in [0, 0.1) is 11.7 Å². The first-order valence-electron chi connectivity index (χ1n) is 6.48. The minimum atomic E-state index is -0.604. The molecule has 0 aliphatic carbocycles. The molecule has 1 nitrogen and oxygen atoms in total. The van der Waals surface area contributed by atoms with Gasteiger partial charge in [-0.05, 0) is 25.3 Å². The van der Waals surface area contributed by atoms with Gasteiger partial charge in [0.2, 0.25) is 0 Å². The minimum Gasteiger partial charge on any atom is -0.369 e. The summed E-state index contributed by atoms with van der Waals surface area (Å²) in [5.41, 5.74) is 0.0124. The molecule has 18 heavy (non-hydrogen) atoms. The van der Waals surface area contributed by atoms with Gasteiger partial charge < -0.3 is 4.74 Å². The number of halogens is 2. The molecule has 1 aromatic rings. The molecule has 2 atom stereocenters. The smallest absolute Gasteiger partial charge is 0.129 e. The van der Waals surface area contributed by atoms with Crippen LogP contribution in [0.4, 0.5) is 4.39 Å². The lowest BCUT2D eigenvalue weighted by molar-refractivity contribution is -0.0359. The molecule has 1 aromatic carbocycles. The van der Waals surface area contributed by atoms with Gasteiger partial charge in [0, 0.05) is 10.9 Å². The van der Waals surface area contributed by atoms with Crippen molar-refractivity contribution in [2.45, 2.75) is 39.2 Å². The Bertz CT molecular complexity index is 369. The standard InChI is InChI=1S/C15H22BrFO/c1-4-7-12(2)10-18-15(3,11-16)13-8-5-6-9-14(13)17/h5-6,8-9,12H,4,7,10-11H2,1-3H3. The number of hydrogen-bond donors (Lipinski definition) is 0. The lowest BCUT2D eigenvalue weighted by Crippen LogP contribution is -2.31. The summed E-state index contributed by atoms with van der Waals surface area (Å²) >= 11 is 3.44. The third kappa shape index (κ3) is 4.06.